The molecule has 1 N–H and O–H groups in total. The molecule has 20 heavy (non-hydrogen) atoms. The number of rotatable bonds is 2. The molecule has 3 rings (SSSR count). The summed E-state index contributed by atoms with van der Waals surface area (Å²) in [6.45, 7) is -0.302. The first kappa shape index (κ1) is 12.8. The van der Waals surface area contributed by atoms with Gasteiger partial charge in [-0.25, -0.2) is 4.90 Å². The number of benzene rings is 2. The summed E-state index contributed by atoms with van der Waals surface area (Å²) in [6.07, 6.45) is 0. The second kappa shape index (κ2) is 4.74. The van der Waals surface area contributed by atoms with Crippen LogP contribution in [-0.4, -0.2) is 16.9 Å². The molecule has 4 nitrogen and oxygen atoms in total. The summed E-state index contributed by atoms with van der Waals surface area (Å²) in [5.74, 6) is -0.773. The number of aliphatic hydroxyl groups excluding tert-OH is 1. The normalized spacial score (nSPS) is 13.8. The second-order valence-electron chi connectivity index (χ2n) is 4.42. The molecule has 5 heteroatoms. The Balaban J connectivity index is 2.14. The number of nitrogens with zero attached hydrogens (tertiary/aromatic N) is 1. The van der Waals surface area contributed by atoms with E-state index in [1.54, 1.807) is 42.5 Å². The molecule has 0 atom stereocenters. The predicted molar refractivity (Wildman–Crippen MR) is 75.0 cm³/mol. The van der Waals surface area contributed by atoms with E-state index in [1.807, 2.05) is 0 Å². The Morgan fingerprint density at radius 3 is 2.15 bits per heavy atom. The van der Waals surface area contributed by atoms with Crippen molar-refractivity contribution in [3.63, 3.8) is 0 Å². The van der Waals surface area contributed by atoms with Gasteiger partial charge in [-0.1, -0.05) is 23.7 Å². The molecule has 2 amide bonds. The van der Waals surface area contributed by atoms with Gasteiger partial charge in [-0.05, 0) is 30.3 Å². The van der Waals surface area contributed by atoms with Gasteiger partial charge < -0.3 is 5.11 Å². The van der Waals surface area contributed by atoms with Crippen molar-refractivity contribution < 1.29 is 14.7 Å². The molecule has 1 heterocycles. The van der Waals surface area contributed by atoms with E-state index in [0.29, 0.717) is 27.4 Å². The first-order valence-corrected chi connectivity index (χ1v) is 6.38. The third-order valence-corrected chi connectivity index (χ3v) is 3.48. The average molecular weight is 288 g/mol. The van der Waals surface area contributed by atoms with Gasteiger partial charge in [0.15, 0.2) is 0 Å². The SMILES string of the molecule is O=C1c2ccccc2C(=O)N1c1ccc(Cl)cc1CO. The summed E-state index contributed by atoms with van der Waals surface area (Å²) in [4.78, 5) is 25.8. The fourth-order valence-corrected chi connectivity index (χ4v) is 2.50. The highest BCUT2D eigenvalue weighted by Crippen LogP contribution is 2.32. The fourth-order valence-electron chi connectivity index (χ4n) is 2.31. The van der Waals surface area contributed by atoms with Crippen LogP contribution >= 0.6 is 11.6 Å². The molecule has 0 saturated carbocycles. The van der Waals surface area contributed by atoms with Crippen LogP contribution in [0.15, 0.2) is 42.5 Å². The smallest absolute Gasteiger partial charge is 0.266 e. The molecule has 0 spiro atoms. The lowest BCUT2D eigenvalue weighted by Crippen LogP contribution is -2.30. The van der Waals surface area contributed by atoms with E-state index in [2.05, 4.69) is 0 Å². The predicted octanol–water partition coefficient (Wildman–Crippen LogP) is 2.63. The van der Waals surface area contributed by atoms with Crippen LogP contribution in [0.5, 0.6) is 0 Å². The molecule has 100 valence electrons. The van der Waals surface area contributed by atoms with Crippen molar-refractivity contribution in [2.75, 3.05) is 4.90 Å². The van der Waals surface area contributed by atoms with Crippen molar-refractivity contribution in [2.24, 2.45) is 0 Å². The van der Waals surface area contributed by atoms with Crippen LogP contribution < -0.4 is 4.90 Å². The van der Waals surface area contributed by atoms with Gasteiger partial charge in [-0.2, -0.15) is 0 Å². The Morgan fingerprint density at radius 2 is 1.60 bits per heavy atom. The van der Waals surface area contributed by atoms with Gasteiger partial charge in [0, 0.05) is 10.6 Å². The van der Waals surface area contributed by atoms with E-state index in [-0.39, 0.29) is 18.4 Å². The molecule has 0 fully saturated rings. The van der Waals surface area contributed by atoms with E-state index in [4.69, 9.17) is 11.6 Å². The number of amides is 2. The number of hydrogen-bond donors (Lipinski definition) is 1. The fraction of sp³-hybridized carbons (Fsp3) is 0.0667. The number of halogens is 1. The van der Waals surface area contributed by atoms with Crippen molar-refractivity contribution >= 4 is 29.1 Å². The monoisotopic (exact) mass is 287 g/mol. The van der Waals surface area contributed by atoms with Gasteiger partial charge in [0.2, 0.25) is 0 Å². The maximum atomic E-state index is 12.4. The average Bonchev–Trinajstić information content (AvgIpc) is 2.72. The van der Waals surface area contributed by atoms with Gasteiger partial charge >= 0.3 is 0 Å². The van der Waals surface area contributed by atoms with Gasteiger partial charge in [-0.15, -0.1) is 0 Å². The number of imide groups is 1. The van der Waals surface area contributed by atoms with E-state index in [1.165, 1.54) is 0 Å². The van der Waals surface area contributed by atoms with E-state index < -0.39 is 0 Å². The maximum Gasteiger partial charge on any atom is 0.266 e. The zero-order chi connectivity index (χ0) is 14.3. The Labute approximate surface area is 120 Å². The first-order valence-electron chi connectivity index (χ1n) is 6.00. The minimum Gasteiger partial charge on any atom is -0.392 e. The molecule has 0 radical (unpaired) electrons. The van der Waals surface area contributed by atoms with Gasteiger partial charge in [0.1, 0.15) is 0 Å². The highest BCUT2D eigenvalue weighted by atomic mass is 35.5. The minimum atomic E-state index is -0.386. The maximum absolute atomic E-state index is 12.4. The third kappa shape index (κ3) is 1.81. The molecule has 0 saturated heterocycles. The molecular weight excluding hydrogens is 278 g/mol. The standard InChI is InChI=1S/C15H10ClNO3/c16-10-5-6-13(9(7-10)8-18)17-14(19)11-3-1-2-4-12(11)15(17)20/h1-7,18H,8H2. The zero-order valence-electron chi connectivity index (χ0n) is 10.3. The summed E-state index contributed by atoms with van der Waals surface area (Å²) in [6, 6.07) is 11.3. The molecule has 0 aromatic heterocycles. The molecule has 1 aliphatic rings. The minimum absolute atomic E-state index is 0.302. The number of hydrogen-bond acceptors (Lipinski definition) is 3. The van der Waals surface area contributed by atoms with Crippen LogP contribution in [0.3, 0.4) is 0 Å². The Bertz CT molecular complexity index is 692. The molecule has 0 unspecified atom stereocenters. The zero-order valence-corrected chi connectivity index (χ0v) is 11.1. The molecule has 2 aromatic carbocycles. The lowest BCUT2D eigenvalue weighted by atomic mass is 10.1. The number of carbonyl (C=O) groups excluding carboxylic acids is 2. The van der Waals surface area contributed by atoms with Crippen LogP contribution in [0.2, 0.25) is 5.02 Å². The van der Waals surface area contributed by atoms with Crippen molar-refractivity contribution in [1.82, 2.24) is 0 Å². The largest absolute Gasteiger partial charge is 0.392 e. The summed E-state index contributed by atoms with van der Waals surface area (Å²) in [7, 11) is 0. The van der Waals surface area contributed by atoms with Crippen LogP contribution in [0, 0.1) is 0 Å². The van der Waals surface area contributed by atoms with Crippen molar-refractivity contribution in [3.05, 3.63) is 64.2 Å². The highest BCUT2D eigenvalue weighted by Gasteiger charge is 2.37. The Morgan fingerprint density at radius 1 is 1.00 bits per heavy atom. The third-order valence-electron chi connectivity index (χ3n) is 3.25. The van der Waals surface area contributed by atoms with E-state index in [9.17, 15) is 14.7 Å². The molecule has 0 bridgehead atoms. The Hall–Kier alpha value is -2.17. The van der Waals surface area contributed by atoms with Crippen molar-refractivity contribution in [2.45, 2.75) is 6.61 Å². The number of fused-ring (bicyclic) bond motifs is 1. The topological polar surface area (TPSA) is 57.6 Å². The van der Waals surface area contributed by atoms with Gasteiger partial charge in [0.05, 0.1) is 23.4 Å². The summed E-state index contributed by atoms with van der Waals surface area (Å²) in [5, 5.41) is 9.82. The summed E-state index contributed by atoms with van der Waals surface area (Å²) < 4.78 is 0. The second-order valence-corrected chi connectivity index (χ2v) is 4.86. The number of aliphatic hydroxyl groups is 1. The molecule has 2 aromatic rings. The lowest BCUT2D eigenvalue weighted by molar-refractivity contribution is 0.0925. The first-order chi connectivity index (χ1) is 9.63. The summed E-state index contributed by atoms with van der Waals surface area (Å²) in [5.41, 5.74) is 1.54. The molecule has 0 aliphatic carbocycles. The lowest BCUT2D eigenvalue weighted by Gasteiger charge is -2.17. The molecular formula is C15H10ClNO3. The van der Waals surface area contributed by atoms with Gasteiger partial charge in [-0.3, -0.25) is 9.59 Å². The quantitative estimate of drug-likeness (QED) is 0.864. The van der Waals surface area contributed by atoms with Crippen LogP contribution in [0.25, 0.3) is 0 Å². The van der Waals surface area contributed by atoms with Gasteiger partial charge in [0.25, 0.3) is 11.8 Å². The van der Waals surface area contributed by atoms with Crippen molar-refractivity contribution in [3.8, 4) is 0 Å². The summed E-state index contributed by atoms with van der Waals surface area (Å²) >= 11 is 5.86. The van der Waals surface area contributed by atoms with Crippen LogP contribution in [0.1, 0.15) is 26.3 Å². The van der Waals surface area contributed by atoms with E-state index >= 15 is 0 Å². The highest BCUT2D eigenvalue weighted by molar-refractivity contribution is 6.35. The molecule has 1 aliphatic heterocycles. The van der Waals surface area contributed by atoms with Crippen LogP contribution in [0.4, 0.5) is 5.69 Å². The van der Waals surface area contributed by atoms with Crippen molar-refractivity contribution in [1.29, 1.82) is 0 Å². The number of anilines is 1. The van der Waals surface area contributed by atoms with Crippen LogP contribution in [-0.2, 0) is 6.61 Å². The van der Waals surface area contributed by atoms with E-state index in [0.717, 1.165) is 4.90 Å². The number of carbonyl (C=O) groups is 2. The Kier molecular flexibility index (Phi) is 3.04.